The van der Waals surface area contributed by atoms with E-state index in [1.165, 1.54) is 0 Å². The molecule has 1 N–H and O–H groups in total. The van der Waals surface area contributed by atoms with Gasteiger partial charge in [0.25, 0.3) is 0 Å². The Kier molecular flexibility index (Phi) is 6.48. The minimum Gasteiger partial charge on any atom is -0.491 e. The lowest BCUT2D eigenvalue weighted by Crippen LogP contribution is -2.41. The highest BCUT2D eigenvalue weighted by Crippen LogP contribution is 2.49. The molecule has 34 heavy (non-hydrogen) atoms. The van der Waals surface area contributed by atoms with Crippen molar-refractivity contribution in [1.82, 2.24) is 0 Å². The van der Waals surface area contributed by atoms with E-state index in [0.29, 0.717) is 24.2 Å². The highest BCUT2D eigenvalue weighted by Gasteiger charge is 2.46. The standard InChI is InChI=1S/C29H34N2O3/c1-17(2)34-24-14-10-8-12-20(24)26-25(28(33)31-21-13-9-7-11-18(21)3)19(4)30-22-15-29(5,6)16-23(32)27(22)26/h7-14,17,25-26H,15-16H2,1-6H3,(H,31,33)/t25?,26-/m1/s1. The van der Waals surface area contributed by atoms with Crippen molar-refractivity contribution in [1.29, 1.82) is 0 Å². The van der Waals surface area contributed by atoms with Gasteiger partial charge in [-0.15, -0.1) is 0 Å². The Hall–Kier alpha value is -3.21. The lowest BCUT2D eigenvalue weighted by Gasteiger charge is -2.39. The van der Waals surface area contributed by atoms with Crippen LogP contribution in [0.25, 0.3) is 0 Å². The van der Waals surface area contributed by atoms with Crippen LogP contribution in [0, 0.1) is 18.3 Å². The molecule has 0 fully saturated rings. The number of ketones is 1. The maximum absolute atomic E-state index is 13.8. The average molecular weight is 459 g/mol. The SMILES string of the molecule is CC1=NC2=C(C(=O)CC(C)(C)C2)[C@H](c2ccccc2OC(C)C)C1C(=O)Nc1ccccc1C. The third kappa shape index (κ3) is 4.70. The van der Waals surface area contributed by atoms with Crippen molar-refractivity contribution in [2.45, 2.75) is 66.4 Å². The molecule has 0 bridgehead atoms. The van der Waals surface area contributed by atoms with E-state index in [9.17, 15) is 9.59 Å². The number of rotatable bonds is 5. The summed E-state index contributed by atoms with van der Waals surface area (Å²) < 4.78 is 6.15. The number of allylic oxidation sites excluding steroid dienone is 2. The molecule has 2 aromatic rings. The number of amides is 1. The summed E-state index contributed by atoms with van der Waals surface area (Å²) in [5, 5.41) is 3.10. The van der Waals surface area contributed by atoms with Crippen LogP contribution in [0.4, 0.5) is 5.69 Å². The number of benzene rings is 2. The number of anilines is 1. The molecule has 5 heteroatoms. The summed E-state index contributed by atoms with van der Waals surface area (Å²) >= 11 is 0. The molecule has 1 aliphatic carbocycles. The van der Waals surface area contributed by atoms with Crippen LogP contribution >= 0.6 is 0 Å². The summed E-state index contributed by atoms with van der Waals surface area (Å²) in [7, 11) is 0. The van der Waals surface area contributed by atoms with Gasteiger partial charge >= 0.3 is 0 Å². The summed E-state index contributed by atoms with van der Waals surface area (Å²) in [5.74, 6) is -0.449. The summed E-state index contributed by atoms with van der Waals surface area (Å²) in [5.41, 5.74) is 4.64. The number of nitrogens with zero attached hydrogens (tertiary/aromatic N) is 1. The van der Waals surface area contributed by atoms with Crippen LogP contribution in [0.15, 0.2) is 64.8 Å². The second-order valence-corrected chi connectivity index (χ2v) is 10.5. The highest BCUT2D eigenvalue weighted by molar-refractivity contribution is 6.13. The maximum atomic E-state index is 13.8. The fourth-order valence-electron chi connectivity index (χ4n) is 5.14. The number of carbonyl (C=O) groups excluding carboxylic acids is 2. The van der Waals surface area contributed by atoms with Crippen LogP contribution in [0.1, 0.15) is 64.5 Å². The monoisotopic (exact) mass is 458 g/mol. The number of nitrogens with one attached hydrogen (secondary N) is 1. The number of carbonyl (C=O) groups is 2. The van der Waals surface area contributed by atoms with E-state index in [-0.39, 0.29) is 23.2 Å². The summed E-state index contributed by atoms with van der Waals surface area (Å²) in [6.45, 7) is 12.0. The van der Waals surface area contributed by atoms with E-state index in [2.05, 4.69) is 19.2 Å². The van der Waals surface area contributed by atoms with Gasteiger partial charge in [0, 0.05) is 40.6 Å². The smallest absolute Gasteiger partial charge is 0.234 e. The molecule has 178 valence electrons. The molecule has 4 rings (SSSR count). The molecule has 0 saturated heterocycles. The molecular formula is C29H34N2O3. The van der Waals surface area contributed by atoms with Crippen LogP contribution in [0.3, 0.4) is 0 Å². The first kappa shape index (κ1) is 23.9. The molecule has 2 aliphatic rings. The van der Waals surface area contributed by atoms with Crippen molar-refractivity contribution in [3.05, 3.63) is 70.9 Å². The first-order valence-electron chi connectivity index (χ1n) is 12.0. The fourth-order valence-corrected chi connectivity index (χ4v) is 5.14. The van der Waals surface area contributed by atoms with Crippen LogP contribution in [0.2, 0.25) is 0 Å². The van der Waals surface area contributed by atoms with E-state index in [1.807, 2.05) is 76.2 Å². The van der Waals surface area contributed by atoms with Crippen molar-refractivity contribution in [3.8, 4) is 5.75 Å². The van der Waals surface area contributed by atoms with Crippen molar-refractivity contribution >= 4 is 23.1 Å². The largest absolute Gasteiger partial charge is 0.491 e. The van der Waals surface area contributed by atoms with Crippen LogP contribution in [-0.2, 0) is 9.59 Å². The summed E-state index contributed by atoms with van der Waals surface area (Å²) in [6, 6.07) is 15.5. The van der Waals surface area contributed by atoms with Gasteiger partial charge in [-0.05, 0) is 57.2 Å². The van der Waals surface area contributed by atoms with E-state index >= 15 is 0 Å². The topological polar surface area (TPSA) is 67.8 Å². The number of hydrogen-bond donors (Lipinski definition) is 1. The van der Waals surface area contributed by atoms with Gasteiger partial charge in [-0.2, -0.15) is 0 Å². The van der Waals surface area contributed by atoms with Gasteiger partial charge in [-0.3, -0.25) is 14.6 Å². The summed E-state index contributed by atoms with van der Waals surface area (Å²) in [4.78, 5) is 32.2. The van der Waals surface area contributed by atoms with E-state index < -0.39 is 11.8 Å². The second kappa shape index (κ2) is 9.21. The maximum Gasteiger partial charge on any atom is 0.234 e. The number of aliphatic imine (C=N–C) groups is 1. The van der Waals surface area contributed by atoms with Gasteiger partial charge in [0.15, 0.2) is 5.78 Å². The zero-order valence-corrected chi connectivity index (χ0v) is 20.9. The third-order valence-electron chi connectivity index (χ3n) is 6.60. The van der Waals surface area contributed by atoms with Gasteiger partial charge in [0.2, 0.25) is 5.91 Å². The van der Waals surface area contributed by atoms with Crippen molar-refractivity contribution in [2.24, 2.45) is 16.3 Å². The molecule has 1 aliphatic heterocycles. The number of hydrogen-bond acceptors (Lipinski definition) is 4. The zero-order chi connectivity index (χ0) is 24.6. The molecule has 1 heterocycles. The van der Waals surface area contributed by atoms with Gasteiger partial charge in [0.1, 0.15) is 5.75 Å². The Labute approximate surface area is 202 Å². The van der Waals surface area contributed by atoms with Crippen LogP contribution < -0.4 is 10.1 Å². The number of ether oxygens (including phenoxy) is 1. The lowest BCUT2D eigenvalue weighted by molar-refractivity contribution is -0.119. The molecule has 1 amide bonds. The molecular weight excluding hydrogens is 424 g/mol. The Morgan fingerprint density at radius 2 is 1.74 bits per heavy atom. The summed E-state index contributed by atoms with van der Waals surface area (Å²) in [6.07, 6.45) is 1.12. The molecule has 0 radical (unpaired) electrons. The van der Waals surface area contributed by atoms with Crippen molar-refractivity contribution in [3.63, 3.8) is 0 Å². The third-order valence-corrected chi connectivity index (χ3v) is 6.60. The predicted molar refractivity (Wildman–Crippen MR) is 136 cm³/mol. The Morgan fingerprint density at radius 3 is 2.44 bits per heavy atom. The minimum atomic E-state index is -0.611. The first-order chi connectivity index (χ1) is 16.1. The van der Waals surface area contributed by atoms with E-state index in [4.69, 9.17) is 9.73 Å². The van der Waals surface area contributed by atoms with Crippen LogP contribution in [-0.4, -0.2) is 23.5 Å². The highest BCUT2D eigenvalue weighted by atomic mass is 16.5. The van der Waals surface area contributed by atoms with Crippen LogP contribution in [0.5, 0.6) is 5.75 Å². The molecule has 2 aromatic carbocycles. The van der Waals surface area contributed by atoms with Gasteiger partial charge < -0.3 is 10.1 Å². The minimum absolute atomic E-state index is 0.0341. The van der Waals surface area contributed by atoms with Gasteiger partial charge in [-0.1, -0.05) is 50.2 Å². The predicted octanol–water partition coefficient (Wildman–Crippen LogP) is 6.24. The molecule has 0 saturated carbocycles. The average Bonchev–Trinajstić information content (AvgIpc) is 2.73. The first-order valence-corrected chi connectivity index (χ1v) is 12.0. The normalized spacial score (nSPS) is 21.7. The number of Topliss-reactive ketones (excluding diaryl/α,β-unsaturated/α-hetero) is 1. The van der Waals surface area contributed by atoms with Crippen molar-refractivity contribution in [2.75, 3.05) is 5.32 Å². The van der Waals surface area contributed by atoms with Gasteiger partial charge in [0.05, 0.1) is 12.0 Å². The molecule has 0 aromatic heterocycles. The Bertz CT molecular complexity index is 1190. The molecule has 5 nitrogen and oxygen atoms in total. The Morgan fingerprint density at radius 1 is 1.06 bits per heavy atom. The Balaban J connectivity index is 1.85. The number of para-hydroxylation sites is 2. The molecule has 0 spiro atoms. The lowest BCUT2D eigenvalue weighted by atomic mass is 9.66. The quantitative estimate of drug-likeness (QED) is 0.577. The van der Waals surface area contributed by atoms with Gasteiger partial charge in [-0.25, -0.2) is 0 Å². The van der Waals surface area contributed by atoms with Crippen molar-refractivity contribution < 1.29 is 14.3 Å². The number of aryl methyl sites for hydroxylation is 1. The molecule has 1 unspecified atom stereocenters. The van der Waals surface area contributed by atoms with E-state index in [1.54, 1.807) is 0 Å². The van der Waals surface area contributed by atoms with E-state index in [0.717, 1.165) is 28.2 Å². The molecule has 2 atom stereocenters. The fraction of sp³-hybridized carbons (Fsp3) is 0.414. The second-order valence-electron chi connectivity index (χ2n) is 10.5. The zero-order valence-electron chi connectivity index (χ0n) is 20.9.